The standard InChI is InChI=1S/C20H18Cl2N4O2/c1-11(15-6-5-14(21)8-17(15)22)24-18(27)9-16-12(2)25-19(26-20(16)28)13-4-3-7-23-10-13/h3-8,10-11H,9H2,1-2H3,(H,24,27)(H,25,26,28). The Balaban J connectivity index is 1.76. The average Bonchev–Trinajstić information content (AvgIpc) is 2.65. The third-order valence-electron chi connectivity index (χ3n) is 4.30. The number of aryl methyl sites for hydroxylation is 1. The molecule has 0 radical (unpaired) electrons. The molecule has 28 heavy (non-hydrogen) atoms. The van der Waals surface area contributed by atoms with E-state index in [9.17, 15) is 9.59 Å². The fourth-order valence-electron chi connectivity index (χ4n) is 2.84. The fraction of sp³-hybridized carbons (Fsp3) is 0.200. The van der Waals surface area contributed by atoms with Crippen LogP contribution in [-0.4, -0.2) is 20.9 Å². The number of aromatic amines is 1. The highest BCUT2D eigenvalue weighted by molar-refractivity contribution is 6.35. The first-order valence-electron chi connectivity index (χ1n) is 8.59. The van der Waals surface area contributed by atoms with Gasteiger partial charge in [-0.2, -0.15) is 0 Å². The molecule has 1 amide bonds. The van der Waals surface area contributed by atoms with Gasteiger partial charge in [0.1, 0.15) is 5.82 Å². The molecule has 0 aliphatic rings. The van der Waals surface area contributed by atoms with E-state index in [4.69, 9.17) is 23.2 Å². The maximum Gasteiger partial charge on any atom is 0.255 e. The van der Waals surface area contributed by atoms with Gasteiger partial charge in [-0.15, -0.1) is 0 Å². The van der Waals surface area contributed by atoms with Crippen LogP contribution in [0, 0.1) is 6.92 Å². The lowest BCUT2D eigenvalue weighted by molar-refractivity contribution is -0.121. The largest absolute Gasteiger partial charge is 0.349 e. The van der Waals surface area contributed by atoms with Crippen LogP contribution in [0.2, 0.25) is 10.0 Å². The molecular weight excluding hydrogens is 399 g/mol. The summed E-state index contributed by atoms with van der Waals surface area (Å²) in [4.78, 5) is 36.1. The monoisotopic (exact) mass is 416 g/mol. The second-order valence-electron chi connectivity index (χ2n) is 6.35. The summed E-state index contributed by atoms with van der Waals surface area (Å²) in [5.74, 6) is 0.115. The molecule has 0 saturated carbocycles. The van der Waals surface area contributed by atoms with Gasteiger partial charge in [0, 0.05) is 39.3 Å². The smallest absolute Gasteiger partial charge is 0.255 e. The third kappa shape index (κ3) is 4.58. The molecule has 8 heteroatoms. The van der Waals surface area contributed by atoms with Crippen LogP contribution in [-0.2, 0) is 11.2 Å². The minimum absolute atomic E-state index is 0.0863. The Morgan fingerprint density at radius 1 is 1.29 bits per heavy atom. The van der Waals surface area contributed by atoms with Crippen molar-refractivity contribution in [3.63, 3.8) is 0 Å². The molecule has 144 valence electrons. The summed E-state index contributed by atoms with van der Waals surface area (Å²) in [6, 6.07) is 8.32. The Bertz CT molecular complexity index is 1070. The summed E-state index contributed by atoms with van der Waals surface area (Å²) in [7, 11) is 0. The van der Waals surface area contributed by atoms with Gasteiger partial charge in [-0.3, -0.25) is 14.6 Å². The van der Waals surface area contributed by atoms with E-state index < -0.39 is 0 Å². The second-order valence-corrected chi connectivity index (χ2v) is 7.20. The minimum Gasteiger partial charge on any atom is -0.349 e. The van der Waals surface area contributed by atoms with Crippen LogP contribution in [0.25, 0.3) is 11.4 Å². The Morgan fingerprint density at radius 2 is 2.07 bits per heavy atom. The van der Waals surface area contributed by atoms with E-state index in [1.165, 1.54) is 0 Å². The van der Waals surface area contributed by atoms with E-state index in [1.807, 2.05) is 6.92 Å². The minimum atomic E-state index is -0.348. The summed E-state index contributed by atoms with van der Waals surface area (Å²) >= 11 is 12.1. The number of hydrogen-bond donors (Lipinski definition) is 2. The van der Waals surface area contributed by atoms with Gasteiger partial charge < -0.3 is 10.3 Å². The molecule has 2 N–H and O–H groups in total. The number of carbonyl (C=O) groups excluding carboxylic acids is 1. The number of pyridine rings is 1. The molecule has 0 aliphatic carbocycles. The Morgan fingerprint density at radius 3 is 2.71 bits per heavy atom. The van der Waals surface area contributed by atoms with Crippen molar-refractivity contribution in [2.45, 2.75) is 26.3 Å². The quantitative estimate of drug-likeness (QED) is 0.660. The molecule has 1 atom stereocenters. The number of aromatic nitrogens is 3. The first-order valence-corrected chi connectivity index (χ1v) is 9.35. The first-order chi connectivity index (χ1) is 13.3. The van der Waals surface area contributed by atoms with E-state index in [1.54, 1.807) is 49.6 Å². The van der Waals surface area contributed by atoms with Crippen LogP contribution in [0.1, 0.15) is 29.8 Å². The second kappa shape index (κ2) is 8.54. The zero-order valence-electron chi connectivity index (χ0n) is 15.3. The molecule has 2 aromatic heterocycles. The molecular formula is C20H18Cl2N4O2. The Kier molecular flexibility index (Phi) is 6.11. The summed E-state index contributed by atoms with van der Waals surface area (Å²) in [5, 5.41) is 3.84. The Labute approximate surface area is 172 Å². The van der Waals surface area contributed by atoms with Crippen molar-refractivity contribution in [2.24, 2.45) is 0 Å². The Hall–Kier alpha value is -2.70. The van der Waals surface area contributed by atoms with Gasteiger partial charge >= 0.3 is 0 Å². The highest BCUT2D eigenvalue weighted by Gasteiger charge is 2.17. The average molecular weight is 417 g/mol. The van der Waals surface area contributed by atoms with Crippen LogP contribution >= 0.6 is 23.2 Å². The molecule has 1 aromatic carbocycles. The van der Waals surface area contributed by atoms with Crippen LogP contribution in [0.15, 0.2) is 47.5 Å². The van der Waals surface area contributed by atoms with Crippen molar-refractivity contribution < 1.29 is 4.79 Å². The molecule has 0 fully saturated rings. The summed E-state index contributed by atoms with van der Waals surface area (Å²) in [6.45, 7) is 3.52. The lowest BCUT2D eigenvalue weighted by Gasteiger charge is -2.16. The number of H-pyrrole nitrogens is 1. The van der Waals surface area contributed by atoms with E-state index in [0.29, 0.717) is 32.7 Å². The van der Waals surface area contributed by atoms with Crippen molar-refractivity contribution in [3.8, 4) is 11.4 Å². The number of carbonyl (C=O) groups is 1. The number of nitrogens with one attached hydrogen (secondary N) is 2. The molecule has 0 aliphatic heterocycles. The SMILES string of the molecule is Cc1nc(-c2cccnc2)[nH]c(=O)c1CC(=O)NC(C)c1ccc(Cl)cc1Cl. The van der Waals surface area contributed by atoms with Gasteiger partial charge in [0.2, 0.25) is 5.91 Å². The van der Waals surface area contributed by atoms with Crippen molar-refractivity contribution in [1.82, 2.24) is 20.3 Å². The molecule has 3 rings (SSSR count). The first kappa shape index (κ1) is 20.0. The van der Waals surface area contributed by atoms with E-state index in [2.05, 4.69) is 20.3 Å². The molecule has 0 bridgehead atoms. The number of nitrogens with zero attached hydrogens (tertiary/aromatic N) is 2. The number of amides is 1. The predicted octanol–water partition coefficient (Wildman–Crippen LogP) is 3.87. The molecule has 0 saturated heterocycles. The number of hydrogen-bond acceptors (Lipinski definition) is 4. The molecule has 2 heterocycles. The van der Waals surface area contributed by atoms with Crippen LogP contribution in [0.4, 0.5) is 0 Å². The zero-order chi connectivity index (χ0) is 20.3. The number of rotatable bonds is 5. The van der Waals surface area contributed by atoms with Crippen molar-refractivity contribution in [3.05, 3.63) is 79.9 Å². The fourth-order valence-corrected chi connectivity index (χ4v) is 3.41. The summed E-state index contributed by atoms with van der Waals surface area (Å²) in [5.41, 5.74) is 1.91. The van der Waals surface area contributed by atoms with Crippen molar-refractivity contribution in [1.29, 1.82) is 0 Å². The van der Waals surface area contributed by atoms with Gasteiger partial charge in [-0.1, -0.05) is 29.3 Å². The molecule has 0 spiro atoms. The summed E-state index contributed by atoms with van der Waals surface area (Å²) < 4.78 is 0. The van der Waals surface area contributed by atoms with Crippen molar-refractivity contribution >= 4 is 29.1 Å². The van der Waals surface area contributed by atoms with Crippen LogP contribution in [0.3, 0.4) is 0 Å². The third-order valence-corrected chi connectivity index (χ3v) is 4.86. The van der Waals surface area contributed by atoms with E-state index in [0.717, 1.165) is 5.56 Å². The maximum atomic E-state index is 12.5. The molecule has 1 unspecified atom stereocenters. The van der Waals surface area contributed by atoms with Gasteiger partial charge in [0.05, 0.1) is 12.5 Å². The van der Waals surface area contributed by atoms with Gasteiger partial charge in [0.25, 0.3) is 5.56 Å². The normalized spacial score (nSPS) is 11.9. The lowest BCUT2D eigenvalue weighted by atomic mass is 10.1. The predicted molar refractivity (Wildman–Crippen MR) is 110 cm³/mol. The lowest BCUT2D eigenvalue weighted by Crippen LogP contribution is -2.31. The van der Waals surface area contributed by atoms with Gasteiger partial charge in [0.15, 0.2) is 0 Å². The van der Waals surface area contributed by atoms with Crippen LogP contribution in [0.5, 0.6) is 0 Å². The van der Waals surface area contributed by atoms with Gasteiger partial charge in [-0.05, 0) is 43.7 Å². The number of benzene rings is 1. The number of halogens is 2. The molecule has 3 aromatic rings. The zero-order valence-corrected chi connectivity index (χ0v) is 16.8. The molecule has 6 nitrogen and oxygen atoms in total. The highest BCUT2D eigenvalue weighted by atomic mass is 35.5. The van der Waals surface area contributed by atoms with E-state index in [-0.39, 0.29) is 23.9 Å². The van der Waals surface area contributed by atoms with Crippen LogP contribution < -0.4 is 10.9 Å². The highest BCUT2D eigenvalue weighted by Crippen LogP contribution is 2.26. The summed E-state index contributed by atoms with van der Waals surface area (Å²) in [6.07, 6.45) is 3.17. The maximum absolute atomic E-state index is 12.5. The van der Waals surface area contributed by atoms with Crippen molar-refractivity contribution in [2.75, 3.05) is 0 Å². The van der Waals surface area contributed by atoms with Gasteiger partial charge in [-0.25, -0.2) is 4.98 Å². The van der Waals surface area contributed by atoms with E-state index >= 15 is 0 Å². The topological polar surface area (TPSA) is 87.7 Å².